The van der Waals surface area contributed by atoms with Crippen LogP contribution in [0, 0.1) is 30.1 Å². The highest BCUT2D eigenvalue weighted by molar-refractivity contribution is 5.16. The molecular weight excluding hydrogens is 98.1 g/mol. The largest absolute Gasteiger partial charge is 0.316 e. The summed E-state index contributed by atoms with van der Waals surface area (Å²) in [6, 6.07) is 0. The quantitative estimate of drug-likeness (QED) is 0.432. The summed E-state index contributed by atoms with van der Waals surface area (Å²) >= 11 is 0. The average molecular weight is 107 g/mol. The minimum atomic E-state index is 0.635. The van der Waals surface area contributed by atoms with Crippen molar-refractivity contribution in [3.8, 4) is 12.3 Å². The Hall–Kier alpha value is -0.480. The van der Waals surface area contributed by atoms with Crippen molar-refractivity contribution < 1.29 is 0 Å². The maximum atomic E-state index is 5.25. The minimum absolute atomic E-state index is 0.635. The zero-order chi connectivity index (χ0) is 5.56. The summed E-state index contributed by atoms with van der Waals surface area (Å²) in [5.41, 5.74) is 0. The minimum Gasteiger partial charge on any atom is -0.316 e. The molecule has 2 rings (SSSR count). The molecule has 8 heavy (non-hydrogen) atoms. The molecule has 0 aromatic carbocycles. The van der Waals surface area contributed by atoms with Crippen LogP contribution in [0.1, 0.15) is 0 Å². The van der Waals surface area contributed by atoms with E-state index in [2.05, 4.69) is 11.2 Å². The van der Waals surface area contributed by atoms with Gasteiger partial charge in [-0.25, -0.2) is 0 Å². The van der Waals surface area contributed by atoms with Gasteiger partial charge in [0.1, 0.15) is 0 Å². The van der Waals surface area contributed by atoms with Gasteiger partial charge in [0.25, 0.3) is 0 Å². The highest BCUT2D eigenvalue weighted by Gasteiger charge is 2.51. The molecule has 2 aliphatic rings. The predicted molar refractivity (Wildman–Crippen MR) is 32.2 cm³/mol. The molecule has 0 aromatic heterocycles. The molecule has 1 aliphatic carbocycles. The van der Waals surface area contributed by atoms with Gasteiger partial charge in [-0.15, -0.1) is 12.3 Å². The monoisotopic (exact) mass is 107 g/mol. The van der Waals surface area contributed by atoms with Crippen LogP contribution in [0.5, 0.6) is 0 Å². The normalized spacial score (nSPS) is 50.1. The molecule has 1 heterocycles. The first-order valence-electron chi connectivity index (χ1n) is 3.10. The third-order valence-corrected chi connectivity index (χ3v) is 2.28. The van der Waals surface area contributed by atoms with E-state index in [9.17, 15) is 0 Å². The molecule has 0 aromatic rings. The second-order valence-corrected chi connectivity index (χ2v) is 2.68. The van der Waals surface area contributed by atoms with Crippen molar-refractivity contribution in [2.45, 2.75) is 0 Å². The van der Waals surface area contributed by atoms with Crippen LogP contribution in [0.15, 0.2) is 0 Å². The van der Waals surface area contributed by atoms with Gasteiger partial charge in [-0.1, -0.05) is 0 Å². The molecule has 1 aliphatic heterocycles. The number of piperidine rings is 1. The number of nitrogens with one attached hydrogen (secondary N) is 1. The van der Waals surface area contributed by atoms with Crippen molar-refractivity contribution in [1.29, 1.82) is 0 Å². The zero-order valence-electron chi connectivity index (χ0n) is 4.72. The first-order chi connectivity index (χ1) is 3.93. The van der Waals surface area contributed by atoms with E-state index in [0.29, 0.717) is 5.92 Å². The molecule has 0 bridgehead atoms. The van der Waals surface area contributed by atoms with Gasteiger partial charge >= 0.3 is 0 Å². The van der Waals surface area contributed by atoms with Gasteiger partial charge in [0.15, 0.2) is 0 Å². The average Bonchev–Trinajstić information content (AvgIpc) is 2.22. The summed E-state index contributed by atoms with van der Waals surface area (Å²) in [6.07, 6.45) is 5.25. The van der Waals surface area contributed by atoms with Gasteiger partial charge in [-0.3, -0.25) is 0 Å². The van der Waals surface area contributed by atoms with Crippen molar-refractivity contribution in [2.75, 3.05) is 13.1 Å². The molecule has 2 unspecified atom stereocenters. The van der Waals surface area contributed by atoms with Crippen LogP contribution in [-0.2, 0) is 0 Å². The molecule has 3 atom stereocenters. The highest BCUT2D eigenvalue weighted by Crippen LogP contribution is 2.47. The Bertz CT molecular complexity index is 135. The standard InChI is InChI=1S/C7H9N/c1-2-5-6-3-8-4-7(5)6/h1,5-8H,3-4H2/t5?,6-,7?/m1/s1. The second-order valence-electron chi connectivity index (χ2n) is 2.68. The van der Waals surface area contributed by atoms with E-state index < -0.39 is 0 Å². The lowest BCUT2D eigenvalue weighted by molar-refractivity contribution is 0.679. The fourth-order valence-corrected chi connectivity index (χ4v) is 1.67. The Morgan fingerprint density at radius 1 is 1.38 bits per heavy atom. The second kappa shape index (κ2) is 1.27. The SMILES string of the molecule is C#CC1C2CNC[C@H]12. The Morgan fingerprint density at radius 2 is 2.00 bits per heavy atom. The maximum Gasteiger partial charge on any atom is 0.0288 e. The van der Waals surface area contributed by atoms with Crippen LogP contribution in [0.4, 0.5) is 0 Å². The van der Waals surface area contributed by atoms with Crippen LogP contribution < -0.4 is 5.32 Å². The fraction of sp³-hybridized carbons (Fsp3) is 0.714. The summed E-state index contributed by atoms with van der Waals surface area (Å²) in [7, 11) is 0. The molecule has 1 saturated carbocycles. The molecule has 0 spiro atoms. The van der Waals surface area contributed by atoms with Crippen LogP contribution in [-0.4, -0.2) is 13.1 Å². The Morgan fingerprint density at radius 3 is 2.38 bits per heavy atom. The van der Waals surface area contributed by atoms with E-state index in [1.165, 1.54) is 13.1 Å². The summed E-state index contributed by atoms with van der Waals surface area (Å²) in [6.45, 7) is 2.33. The van der Waals surface area contributed by atoms with Gasteiger partial charge < -0.3 is 5.32 Å². The fourth-order valence-electron chi connectivity index (χ4n) is 1.67. The van der Waals surface area contributed by atoms with Crippen LogP contribution in [0.2, 0.25) is 0 Å². The lowest BCUT2D eigenvalue weighted by Crippen LogP contribution is -2.13. The molecule has 0 amide bonds. The van der Waals surface area contributed by atoms with Gasteiger partial charge in [0.2, 0.25) is 0 Å². The van der Waals surface area contributed by atoms with Crippen molar-refractivity contribution in [1.82, 2.24) is 5.32 Å². The Labute approximate surface area is 49.5 Å². The van der Waals surface area contributed by atoms with Crippen LogP contribution in [0.3, 0.4) is 0 Å². The molecule has 1 N–H and O–H groups in total. The van der Waals surface area contributed by atoms with Crippen LogP contribution in [0.25, 0.3) is 0 Å². The molecule has 0 radical (unpaired) electrons. The molecule has 1 heteroatoms. The van der Waals surface area contributed by atoms with Crippen LogP contribution >= 0.6 is 0 Å². The molecule has 42 valence electrons. The summed E-state index contributed by atoms with van der Waals surface area (Å²) < 4.78 is 0. The third kappa shape index (κ3) is 0.367. The summed E-state index contributed by atoms with van der Waals surface area (Å²) in [5.74, 6) is 5.13. The molecule has 2 fully saturated rings. The Kier molecular flexibility index (Phi) is 0.698. The van der Waals surface area contributed by atoms with E-state index >= 15 is 0 Å². The number of rotatable bonds is 0. The van der Waals surface area contributed by atoms with Crippen molar-refractivity contribution >= 4 is 0 Å². The van der Waals surface area contributed by atoms with Gasteiger partial charge in [-0.05, 0) is 24.9 Å². The first kappa shape index (κ1) is 4.40. The molecule has 1 nitrogen and oxygen atoms in total. The number of hydrogen-bond acceptors (Lipinski definition) is 1. The summed E-state index contributed by atoms with van der Waals surface area (Å²) in [4.78, 5) is 0. The van der Waals surface area contributed by atoms with Gasteiger partial charge in [0.05, 0.1) is 0 Å². The van der Waals surface area contributed by atoms with E-state index in [1.54, 1.807) is 0 Å². The number of terminal acetylenes is 1. The topological polar surface area (TPSA) is 12.0 Å². The first-order valence-corrected chi connectivity index (χ1v) is 3.10. The third-order valence-electron chi connectivity index (χ3n) is 2.28. The van der Waals surface area contributed by atoms with Gasteiger partial charge in [-0.2, -0.15) is 0 Å². The van der Waals surface area contributed by atoms with E-state index in [0.717, 1.165) is 11.8 Å². The maximum absolute atomic E-state index is 5.25. The lowest BCUT2D eigenvalue weighted by Gasteiger charge is -1.93. The van der Waals surface area contributed by atoms with Gasteiger partial charge in [0, 0.05) is 5.92 Å². The zero-order valence-corrected chi connectivity index (χ0v) is 4.72. The highest BCUT2D eigenvalue weighted by atomic mass is 15.0. The number of fused-ring (bicyclic) bond motifs is 1. The van der Waals surface area contributed by atoms with E-state index in [-0.39, 0.29) is 0 Å². The summed E-state index contributed by atoms with van der Waals surface area (Å²) in [5, 5.41) is 3.29. The molecule has 1 saturated heterocycles. The van der Waals surface area contributed by atoms with Crippen molar-refractivity contribution in [3.05, 3.63) is 0 Å². The number of hydrogen-bond donors (Lipinski definition) is 1. The molecular formula is C7H9N. The van der Waals surface area contributed by atoms with Crippen molar-refractivity contribution in [3.63, 3.8) is 0 Å². The van der Waals surface area contributed by atoms with E-state index in [1.807, 2.05) is 0 Å². The van der Waals surface area contributed by atoms with Crippen molar-refractivity contribution in [2.24, 2.45) is 17.8 Å². The predicted octanol–water partition coefficient (Wildman–Crippen LogP) is 0.0850. The van der Waals surface area contributed by atoms with E-state index in [4.69, 9.17) is 6.42 Å². The smallest absolute Gasteiger partial charge is 0.0288 e. The Balaban J connectivity index is 2.06. The lowest BCUT2D eigenvalue weighted by atomic mass is 10.3.